The van der Waals surface area contributed by atoms with Crippen molar-refractivity contribution in [2.45, 2.75) is 11.7 Å². The molecule has 3 rings (SSSR count). The molecule has 1 fully saturated rings. The van der Waals surface area contributed by atoms with E-state index in [0.29, 0.717) is 17.1 Å². The van der Waals surface area contributed by atoms with Crippen molar-refractivity contribution in [1.29, 1.82) is 5.26 Å². The molecule has 0 aromatic heterocycles. The summed E-state index contributed by atoms with van der Waals surface area (Å²) in [5.74, 6) is -0.640. The van der Waals surface area contributed by atoms with Crippen molar-refractivity contribution in [2.24, 2.45) is 0 Å². The number of nitriles is 1. The lowest BCUT2D eigenvalue weighted by molar-refractivity contribution is -0.117. The number of rotatable bonds is 4. The average molecular weight is 442 g/mol. The highest BCUT2D eigenvalue weighted by molar-refractivity contribution is 9.10. The molecule has 2 aromatic rings. The molecule has 7 heteroatoms. The number of amides is 2. The minimum Gasteiger partial charge on any atom is -0.354 e. The van der Waals surface area contributed by atoms with E-state index in [0.717, 1.165) is 10.0 Å². The monoisotopic (exact) mass is 441 g/mol. The largest absolute Gasteiger partial charge is 0.354 e. The highest BCUT2D eigenvalue weighted by Gasteiger charge is 2.40. The Balaban J connectivity index is 2.02. The molecule has 1 heterocycles. The topological polar surface area (TPSA) is 73.2 Å². The van der Waals surface area contributed by atoms with Crippen LogP contribution in [0, 0.1) is 11.3 Å². The predicted octanol–water partition coefficient (Wildman–Crippen LogP) is 3.62. The number of likely N-dealkylation sites (N-methyl/N-ethyl adjacent to an activating group) is 1. The number of carbonyl (C=O) groups excluding carboxylic acids is 2. The van der Waals surface area contributed by atoms with E-state index >= 15 is 0 Å². The zero-order valence-electron chi connectivity index (χ0n) is 14.5. The van der Waals surface area contributed by atoms with Crippen molar-refractivity contribution < 1.29 is 9.59 Å². The third kappa shape index (κ3) is 4.07. The van der Waals surface area contributed by atoms with Crippen molar-refractivity contribution in [3.05, 3.63) is 75.2 Å². The second kappa shape index (κ2) is 8.42. The van der Waals surface area contributed by atoms with E-state index in [4.69, 9.17) is 0 Å². The molecule has 1 aliphatic heterocycles. The maximum atomic E-state index is 13.1. The predicted molar refractivity (Wildman–Crippen MR) is 110 cm³/mol. The molecule has 1 unspecified atom stereocenters. The van der Waals surface area contributed by atoms with Crippen LogP contribution in [0.2, 0.25) is 0 Å². The number of anilines is 1. The third-order valence-electron chi connectivity index (χ3n) is 4.08. The standard InChI is InChI=1S/C20H16BrN3O2S/c1-23-18(25)16(12-22)20-24(15-5-3-2-4-6-15)19(26)17(27-20)11-13-7-9-14(21)10-8-13/h2-10,17H,11H2,1H3,(H,23,25)/b20-16-. The van der Waals surface area contributed by atoms with E-state index in [1.807, 2.05) is 48.5 Å². The molecular formula is C20H16BrN3O2S. The van der Waals surface area contributed by atoms with Gasteiger partial charge in [0.1, 0.15) is 16.7 Å². The Morgan fingerprint density at radius 2 is 1.89 bits per heavy atom. The number of benzene rings is 2. The second-order valence-electron chi connectivity index (χ2n) is 5.82. The van der Waals surface area contributed by atoms with Crippen molar-refractivity contribution in [3.63, 3.8) is 0 Å². The Labute approximate surface area is 170 Å². The number of carbonyl (C=O) groups is 2. The van der Waals surface area contributed by atoms with Crippen LogP contribution in [0.5, 0.6) is 0 Å². The molecule has 0 aliphatic carbocycles. The molecule has 0 bridgehead atoms. The molecule has 1 atom stereocenters. The van der Waals surface area contributed by atoms with Crippen LogP contribution in [0.25, 0.3) is 0 Å². The summed E-state index contributed by atoms with van der Waals surface area (Å²) in [6.07, 6.45) is 0.510. The summed E-state index contributed by atoms with van der Waals surface area (Å²) in [4.78, 5) is 26.8. The molecule has 5 nitrogen and oxygen atoms in total. The summed E-state index contributed by atoms with van der Waals surface area (Å²) in [6.45, 7) is 0. The summed E-state index contributed by atoms with van der Waals surface area (Å²) in [7, 11) is 1.47. The maximum absolute atomic E-state index is 13.1. The Morgan fingerprint density at radius 3 is 2.48 bits per heavy atom. The third-order valence-corrected chi connectivity index (χ3v) is 5.87. The quantitative estimate of drug-likeness (QED) is 0.580. The van der Waals surface area contributed by atoms with Gasteiger partial charge in [-0.25, -0.2) is 0 Å². The normalized spacial score (nSPS) is 18.2. The Bertz CT molecular complexity index is 936. The highest BCUT2D eigenvalue weighted by Crippen LogP contribution is 2.41. The van der Waals surface area contributed by atoms with E-state index in [2.05, 4.69) is 21.2 Å². The van der Waals surface area contributed by atoms with Gasteiger partial charge in [0.05, 0.1) is 5.25 Å². The van der Waals surface area contributed by atoms with Crippen LogP contribution in [0.4, 0.5) is 5.69 Å². The van der Waals surface area contributed by atoms with Gasteiger partial charge in [0.25, 0.3) is 5.91 Å². The first-order chi connectivity index (χ1) is 13.0. The summed E-state index contributed by atoms with van der Waals surface area (Å²) in [6, 6.07) is 18.8. The van der Waals surface area contributed by atoms with E-state index in [9.17, 15) is 14.9 Å². The Hall–Kier alpha value is -2.56. The molecule has 136 valence electrons. The lowest BCUT2D eigenvalue weighted by Gasteiger charge is -2.18. The van der Waals surface area contributed by atoms with Crippen LogP contribution in [-0.2, 0) is 16.0 Å². The number of hydrogen-bond donors (Lipinski definition) is 1. The minimum atomic E-state index is -0.502. The van der Waals surface area contributed by atoms with Crippen LogP contribution in [0.3, 0.4) is 0 Å². The molecule has 2 aromatic carbocycles. The fourth-order valence-corrected chi connectivity index (χ4v) is 4.33. The van der Waals surface area contributed by atoms with Gasteiger partial charge in [-0.3, -0.25) is 14.5 Å². The van der Waals surface area contributed by atoms with Gasteiger partial charge < -0.3 is 5.32 Å². The number of para-hydroxylation sites is 1. The fraction of sp³-hybridized carbons (Fsp3) is 0.150. The van der Waals surface area contributed by atoms with Gasteiger partial charge in [-0.15, -0.1) is 0 Å². The van der Waals surface area contributed by atoms with Crippen LogP contribution in [-0.4, -0.2) is 24.1 Å². The zero-order chi connectivity index (χ0) is 19.4. The minimum absolute atomic E-state index is 0.0574. The molecule has 1 aliphatic rings. The van der Waals surface area contributed by atoms with Gasteiger partial charge >= 0.3 is 0 Å². The summed E-state index contributed by atoms with van der Waals surface area (Å²) < 4.78 is 0.967. The lowest BCUT2D eigenvalue weighted by atomic mass is 10.1. The van der Waals surface area contributed by atoms with Crippen molar-refractivity contribution in [2.75, 3.05) is 11.9 Å². The number of halogens is 1. The molecule has 1 N–H and O–H groups in total. The molecule has 0 saturated carbocycles. The fourth-order valence-electron chi connectivity index (χ4n) is 2.76. The Kier molecular flexibility index (Phi) is 5.99. The van der Waals surface area contributed by atoms with Gasteiger partial charge in [0.2, 0.25) is 5.91 Å². The van der Waals surface area contributed by atoms with E-state index in [-0.39, 0.29) is 11.5 Å². The summed E-state index contributed by atoms with van der Waals surface area (Å²) in [5.41, 5.74) is 1.59. The van der Waals surface area contributed by atoms with Gasteiger partial charge in [-0.05, 0) is 36.2 Å². The number of hydrogen-bond acceptors (Lipinski definition) is 4. The van der Waals surface area contributed by atoms with Crippen LogP contribution >= 0.6 is 27.7 Å². The summed E-state index contributed by atoms with van der Waals surface area (Å²) in [5, 5.41) is 12.0. The molecule has 1 saturated heterocycles. The van der Waals surface area contributed by atoms with Gasteiger partial charge in [-0.1, -0.05) is 58.0 Å². The molecule has 0 radical (unpaired) electrons. The first-order valence-corrected chi connectivity index (χ1v) is 9.89. The number of thioether (sulfide) groups is 1. The summed E-state index contributed by atoms with van der Waals surface area (Å²) >= 11 is 4.66. The van der Waals surface area contributed by atoms with Gasteiger partial charge in [0.15, 0.2) is 0 Å². The molecular weight excluding hydrogens is 426 g/mol. The number of nitrogens with zero attached hydrogens (tertiary/aromatic N) is 2. The Morgan fingerprint density at radius 1 is 1.22 bits per heavy atom. The van der Waals surface area contributed by atoms with Crippen molar-refractivity contribution >= 4 is 45.2 Å². The smallest absolute Gasteiger partial charge is 0.264 e. The van der Waals surface area contributed by atoms with Gasteiger partial charge in [0, 0.05) is 17.2 Å². The van der Waals surface area contributed by atoms with Gasteiger partial charge in [-0.2, -0.15) is 5.26 Å². The van der Waals surface area contributed by atoms with Crippen LogP contribution in [0.1, 0.15) is 5.56 Å². The first kappa shape index (κ1) is 19.2. The molecule has 0 spiro atoms. The maximum Gasteiger partial charge on any atom is 0.264 e. The van der Waals surface area contributed by atoms with Crippen molar-refractivity contribution in [3.8, 4) is 6.07 Å². The van der Waals surface area contributed by atoms with E-state index < -0.39 is 11.2 Å². The lowest BCUT2D eigenvalue weighted by Crippen LogP contribution is -2.31. The van der Waals surface area contributed by atoms with Crippen LogP contribution in [0.15, 0.2) is 69.7 Å². The molecule has 27 heavy (non-hydrogen) atoms. The average Bonchev–Trinajstić information content (AvgIpc) is 3.00. The van der Waals surface area contributed by atoms with E-state index in [1.165, 1.54) is 23.7 Å². The van der Waals surface area contributed by atoms with Crippen LogP contribution < -0.4 is 10.2 Å². The number of nitrogens with one attached hydrogen (secondary N) is 1. The molecule has 2 amide bonds. The SMILES string of the molecule is CNC(=O)/C(C#N)=C1\SC(Cc2ccc(Br)cc2)C(=O)N1c1ccccc1. The second-order valence-corrected chi connectivity index (χ2v) is 7.92. The van der Waals surface area contributed by atoms with Crippen molar-refractivity contribution in [1.82, 2.24) is 5.32 Å². The van der Waals surface area contributed by atoms with E-state index in [1.54, 1.807) is 12.1 Å². The zero-order valence-corrected chi connectivity index (χ0v) is 16.9. The first-order valence-electron chi connectivity index (χ1n) is 8.21. The highest BCUT2D eigenvalue weighted by atomic mass is 79.9.